The monoisotopic (exact) mass is 455 g/mol. The maximum absolute atomic E-state index is 13.9. The number of rotatable bonds is 5. The zero-order valence-electron chi connectivity index (χ0n) is 18.4. The SMILES string of the molecule is COc1cncc2c1CCCN2c1ccc([C@H](N(C)[S+]([O-])C(C)(C)C)C(F)(F)F)cc1. The van der Waals surface area contributed by atoms with Crippen molar-refractivity contribution in [1.82, 2.24) is 9.29 Å². The maximum atomic E-state index is 13.9. The number of fused-ring (bicyclic) bond motifs is 1. The fraction of sp³-hybridized carbons (Fsp3) is 0.500. The van der Waals surface area contributed by atoms with Gasteiger partial charge in [-0.25, -0.2) is 0 Å². The van der Waals surface area contributed by atoms with Crippen LogP contribution in [-0.2, 0) is 17.8 Å². The van der Waals surface area contributed by atoms with Crippen LogP contribution in [0.4, 0.5) is 24.5 Å². The quantitative estimate of drug-likeness (QED) is 0.582. The summed E-state index contributed by atoms with van der Waals surface area (Å²) in [5.41, 5.74) is 2.77. The fourth-order valence-corrected chi connectivity index (χ4v) is 5.19. The van der Waals surface area contributed by atoms with Crippen LogP contribution in [-0.4, -0.2) is 45.5 Å². The first-order chi connectivity index (χ1) is 14.4. The van der Waals surface area contributed by atoms with Crippen molar-refractivity contribution in [1.29, 1.82) is 0 Å². The number of alkyl halides is 3. The van der Waals surface area contributed by atoms with E-state index in [1.165, 1.54) is 19.2 Å². The number of anilines is 2. The molecule has 0 radical (unpaired) electrons. The summed E-state index contributed by atoms with van der Waals surface area (Å²) in [6.45, 7) is 5.71. The fourth-order valence-electron chi connectivity index (χ4n) is 3.89. The molecule has 1 aliphatic heterocycles. The standard InChI is InChI=1S/C22H28F3N3O2S/c1-21(2,3)31(29)27(4)20(22(23,24)25)15-8-10-16(11-9-15)28-12-6-7-17-18(28)13-26-14-19(17)30-5/h8-11,13-14,20H,6-7,12H2,1-5H3/t20-,31?/m0/s1. The lowest BCUT2D eigenvalue weighted by molar-refractivity contribution is -0.171. The van der Waals surface area contributed by atoms with Crippen LogP contribution in [0.25, 0.3) is 0 Å². The van der Waals surface area contributed by atoms with Crippen molar-refractivity contribution < 1.29 is 22.5 Å². The van der Waals surface area contributed by atoms with E-state index < -0.39 is 28.3 Å². The van der Waals surface area contributed by atoms with Crippen LogP contribution in [0.5, 0.6) is 5.75 Å². The molecule has 2 heterocycles. The Bertz CT molecular complexity index is 900. The van der Waals surface area contributed by atoms with Crippen LogP contribution in [0.2, 0.25) is 0 Å². The zero-order valence-corrected chi connectivity index (χ0v) is 19.2. The van der Waals surface area contributed by atoms with E-state index in [0.717, 1.165) is 40.6 Å². The van der Waals surface area contributed by atoms with Gasteiger partial charge in [0.15, 0.2) is 6.04 Å². The van der Waals surface area contributed by atoms with Crippen LogP contribution in [0, 0.1) is 0 Å². The molecular formula is C22H28F3N3O2S. The Kier molecular flexibility index (Phi) is 6.78. The minimum absolute atomic E-state index is 0.0531. The van der Waals surface area contributed by atoms with Crippen molar-refractivity contribution in [3.63, 3.8) is 0 Å². The summed E-state index contributed by atoms with van der Waals surface area (Å²) in [7, 11) is 2.85. The summed E-state index contributed by atoms with van der Waals surface area (Å²) in [5, 5.41) is 0. The molecule has 0 aliphatic carbocycles. The molecule has 0 N–H and O–H groups in total. The van der Waals surface area contributed by atoms with Gasteiger partial charge in [-0.15, -0.1) is 4.31 Å². The number of aromatic nitrogens is 1. The summed E-state index contributed by atoms with van der Waals surface area (Å²) in [6, 6.07) is 4.32. The first kappa shape index (κ1) is 23.7. The van der Waals surface area contributed by atoms with Crippen molar-refractivity contribution in [3.05, 3.63) is 47.8 Å². The summed E-state index contributed by atoms with van der Waals surface area (Å²) >= 11 is -1.82. The number of pyridine rings is 1. The Morgan fingerprint density at radius 2 is 1.81 bits per heavy atom. The molecule has 1 aromatic carbocycles. The third-order valence-electron chi connectivity index (χ3n) is 5.29. The van der Waals surface area contributed by atoms with Crippen LogP contribution in [0.15, 0.2) is 36.7 Å². The van der Waals surface area contributed by atoms with Gasteiger partial charge in [0, 0.05) is 36.2 Å². The molecule has 2 atom stereocenters. The van der Waals surface area contributed by atoms with Gasteiger partial charge < -0.3 is 14.2 Å². The molecule has 0 bridgehead atoms. The number of ether oxygens (including phenoxy) is 1. The molecule has 1 unspecified atom stereocenters. The second kappa shape index (κ2) is 8.88. The van der Waals surface area contributed by atoms with Gasteiger partial charge in [0.2, 0.25) is 0 Å². The Hall–Kier alpha value is -1.97. The normalized spacial score (nSPS) is 16.8. The molecular weight excluding hydrogens is 427 g/mol. The van der Waals surface area contributed by atoms with Gasteiger partial charge in [-0.3, -0.25) is 4.98 Å². The third kappa shape index (κ3) is 4.94. The lowest BCUT2D eigenvalue weighted by Gasteiger charge is -2.36. The average Bonchev–Trinajstić information content (AvgIpc) is 2.71. The minimum atomic E-state index is -4.56. The van der Waals surface area contributed by atoms with E-state index in [2.05, 4.69) is 4.98 Å². The van der Waals surface area contributed by atoms with E-state index in [-0.39, 0.29) is 5.56 Å². The van der Waals surface area contributed by atoms with Crippen LogP contribution < -0.4 is 9.64 Å². The highest BCUT2D eigenvalue weighted by Gasteiger charge is 2.50. The highest BCUT2D eigenvalue weighted by molar-refractivity contribution is 7.90. The predicted octanol–water partition coefficient (Wildman–Crippen LogP) is 5.17. The lowest BCUT2D eigenvalue weighted by atomic mass is 10.0. The molecule has 0 saturated carbocycles. The number of halogens is 3. The molecule has 5 nitrogen and oxygen atoms in total. The van der Waals surface area contributed by atoms with Gasteiger partial charge in [-0.1, -0.05) is 12.1 Å². The second-order valence-corrected chi connectivity index (χ2v) is 10.8. The molecule has 0 fully saturated rings. The largest absolute Gasteiger partial charge is 0.597 e. The molecule has 1 aliphatic rings. The van der Waals surface area contributed by atoms with Crippen LogP contribution in [0.3, 0.4) is 0 Å². The molecule has 1 aromatic heterocycles. The van der Waals surface area contributed by atoms with Gasteiger partial charge in [0.1, 0.15) is 10.5 Å². The molecule has 170 valence electrons. The first-order valence-electron chi connectivity index (χ1n) is 10.0. The average molecular weight is 456 g/mol. The van der Waals surface area contributed by atoms with Crippen LogP contribution in [0.1, 0.15) is 44.4 Å². The molecule has 2 aromatic rings. The Labute approximate surface area is 184 Å². The summed E-state index contributed by atoms with van der Waals surface area (Å²) in [4.78, 5) is 6.27. The van der Waals surface area contributed by atoms with Gasteiger partial charge in [-0.2, -0.15) is 13.2 Å². The van der Waals surface area contributed by atoms with Crippen molar-refractivity contribution in [2.45, 2.75) is 50.6 Å². The Morgan fingerprint density at radius 3 is 2.35 bits per heavy atom. The molecule has 9 heteroatoms. The second-order valence-electron chi connectivity index (χ2n) is 8.54. The highest BCUT2D eigenvalue weighted by atomic mass is 32.2. The molecule has 0 saturated heterocycles. The van der Waals surface area contributed by atoms with E-state index >= 15 is 0 Å². The van der Waals surface area contributed by atoms with E-state index in [4.69, 9.17) is 4.74 Å². The minimum Gasteiger partial charge on any atom is -0.597 e. The van der Waals surface area contributed by atoms with E-state index in [1.54, 1.807) is 52.4 Å². The molecule has 31 heavy (non-hydrogen) atoms. The van der Waals surface area contributed by atoms with Crippen molar-refractivity contribution >= 4 is 22.7 Å². The summed E-state index contributed by atoms with van der Waals surface area (Å²) in [6.07, 6.45) is 0.614. The maximum Gasteiger partial charge on any atom is 0.412 e. The van der Waals surface area contributed by atoms with Crippen molar-refractivity contribution in [2.24, 2.45) is 0 Å². The lowest BCUT2D eigenvalue weighted by Crippen LogP contribution is -2.46. The van der Waals surface area contributed by atoms with Crippen LogP contribution >= 0.6 is 0 Å². The predicted molar refractivity (Wildman–Crippen MR) is 117 cm³/mol. The highest BCUT2D eigenvalue weighted by Crippen LogP contribution is 2.42. The topological polar surface area (TPSA) is 51.7 Å². The Morgan fingerprint density at radius 1 is 1.16 bits per heavy atom. The number of methoxy groups -OCH3 is 1. The third-order valence-corrected chi connectivity index (χ3v) is 7.08. The number of benzene rings is 1. The smallest absolute Gasteiger partial charge is 0.412 e. The van der Waals surface area contributed by atoms with E-state index in [1.807, 2.05) is 4.90 Å². The number of hydrogen-bond acceptors (Lipinski definition) is 5. The van der Waals surface area contributed by atoms with Gasteiger partial charge in [0.05, 0.1) is 25.2 Å². The molecule has 0 amide bonds. The Balaban J connectivity index is 1.94. The van der Waals surface area contributed by atoms with Crippen molar-refractivity contribution in [3.8, 4) is 5.75 Å². The summed E-state index contributed by atoms with van der Waals surface area (Å²) < 4.78 is 60.0. The van der Waals surface area contributed by atoms with Gasteiger partial charge in [-0.05, 0) is 51.3 Å². The zero-order chi connectivity index (χ0) is 23.0. The van der Waals surface area contributed by atoms with Gasteiger partial charge >= 0.3 is 6.18 Å². The summed E-state index contributed by atoms with van der Waals surface area (Å²) in [5.74, 6) is 0.710. The first-order valence-corrected chi connectivity index (χ1v) is 11.2. The van der Waals surface area contributed by atoms with E-state index in [0.29, 0.717) is 5.75 Å². The number of nitrogens with zero attached hydrogens (tertiary/aromatic N) is 3. The van der Waals surface area contributed by atoms with Crippen molar-refractivity contribution in [2.75, 3.05) is 25.6 Å². The van der Waals surface area contributed by atoms with E-state index in [9.17, 15) is 17.7 Å². The van der Waals surface area contributed by atoms with Gasteiger partial charge in [0.25, 0.3) is 0 Å². The molecule has 3 rings (SSSR count). The molecule has 0 spiro atoms. The number of hydrogen-bond donors (Lipinski definition) is 0.